The standard InChI is InChI=1S/C23H20N2O2Si/c1-3-28(2)26-22-10-6-4-8-18(22)16-24-20-12-14-21(15-13-20)25-17-19-9-5-7-11-23(19)27-28/h3-17H,1H2,2H3. The minimum Gasteiger partial charge on any atom is -0.509 e. The Balaban J connectivity index is 1.86. The predicted molar refractivity (Wildman–Crippen MR) is 117 cm³/mol. The summed E-state index contributed by atoms with van der Waals surface area (Å²) in [6, 6.07) is 23.4. The lowest BCUT2D eigenvalue weighted by molar-refractivity contribution is 0.406. The largest absolute Gasteiger partial charge is 0.509 e. The first-order chi connectivity index (χ1) is 13.6. The minimum absolute atomic E-state index is 0.720. The topological polar surface area (TPSA) is 43.2 Å². The van der Waals surface area contributed by atoms with Crippen LogP contribution < -0.4 is 8.85 Å². The summed E-state index contributed by atoms with van der Waals surface area (Å²) in [7, 11) is -2.75. The van der Waals surface area contributed by atoms with E-state index >= 15 is 0 Å². The Bertz CT molecular complexity index is 980. The van der Waals surface area contributed by atoms with Crippen LogP contribution in [0.3, 0.4) is 0 Å². The van der Waals surface area contributed by atoms with Gasteiger partial charge in [-0.2, -0.15) is 0 Å². The van der Waals surface area contributed by atoms with E-state index in [1.165, 1.54) is 0 Å². The molecular formula is C23H20N2O2Si. The van der Waals surface area contributed by atoms with Crippen LogP contribution in [0.1, 0.15) is 11.1 Å². The molecule has 2 aliphatic heterocycles. The van der Waals surface area contributed by atoms with Gasteiger partial charge in [0.25, 0.3) is 0 Å². The molecule has 0 aliphatic carbocycles. The van der Waals surface area contributed by atoms with E-state index in [0.29, 0.717) is 0 Å². The average Bonchev–Trinajstić information content (AvgIpc) is 2.73. The lowest BCUT2D eigenvalue weighted by Gasteiger charge is -2.26. The molecule has 0 spiro atoms. The monoisotopic (exact) mass is 384 g/mol. The molecule has 0 amide bonds. The lowest BCUT2D eigenvalue weighted by Crippen LogP contribution is -2.44. The van der Waals surface area contributed by atoms with Crippen LogP contribution in [0.15, 0.2) is 95.1 Å². The van der Waals surface area contributed by atoms with Crippen LogP contribution in [0.5, 0.6) is 11.5 Å². The molecule has 5 heteroatoms. The summed E-state index contributed by atoms with van der Waals surface area (Å²) in [5.74, 6) is 1.44. The molecule has 0 N–H and O–H groups in total. The van der Waals surface area contributed by atoms with E-state index in [-0.39, 0.29) is 0 Å². The van der Waals surface area contributed by atoms with Gasteiger partial charge in [-0.25, -0.2) is 0 Å². The molecule has 2 heterocycles. The summed E-state index contributed by atoms with van der Waals surface area (Å²) in [5.41, 5.74) is 5.25. The summed E-state index contributed by atoms with van der Waals surface area (Å²) < 4.78 is 12.7. The summed E-state index contributed by atoms with van der Waals surface area (Å²) in [4.78, 5) is 9.13. The number of hydrogen-bond acceptors (Lipinski definition) is 4. The lowest BCUT2D eigenvalue weighted by atomic mass is 10.2. The fourth-order valence-electron chi connectivity index (χ4n) is 2.81. The van der Waals surface area contributed by atoms with Gasteiger partial charge in [0, 0.05) is 30.1 Å². The Morgan fingerprint density at radius 2 is 1.14 bits per heavy atom. The maximum absolute atomic E-state index is 6.36. The van der Waals surface area contributed by atoms with Gasteiger partial charge in [0.1, 0.15) is 11.5 Å². The van der Waals surface area contributed by atoms with Gasteiger partial charge in [-0.15, -0.1) is 6.58 Å². The summed E-state index contributed by atoms with van der Waals surface area (Å²) >= 11 is 0. The van der Waals surface area contributed by atoms with Crippen molar-refractivity contribution in [2.75, 3.05) is 0 Å². The second-order valence-corrected chi connectivity index (χ2v) is 9.38. The second kappa shape index (κ2) is 7.66. The maximum Gasteiger partial charge on any atom is 0.484 e. The maximum atomic E-state index is 6.36. The zero-order chi connectivity index (χ0) is 19.4. The molecule has 5 rings (SSSR count). The van der Waals surface area contributed by atoms with E-state index in [0.717, 1.165) is 34.0 Å². The van der Waals surface area contributed by atoms with E-state index in [1.807, 2.05) is 79.3 Å². The zero-order valence-electron chi connectivity index (χ0n) is 15.6. The summed E-state index contributed by atoms with van der Waals surface area (Å²) in [6.07, 6.45) is 3.61. The number of rotatable bonds is 1. The van der Waals surface area contributed by atoms with Crippen molar-refractivity contribution in [3.63, 3.8) is 0 Å². The van der Waals surface area contributed by atoms with Gasteiger partial charge in [-0.05, 0) is 54.2 Å². The molecule has 4 nitrogen and oxygen atoms in total. The van der Waals surface area contributed by atoms with Crippen LogP contribution in [0.2, 0.25) is 6.55 Å². The highest BCUT2D eigenvalue weighted by Gasteiger charge is 2.33. The molecule has 0 fully saturated rings. The normalized spacial score (nSPS) is 18.0. The highest BCUT2D eigenvalue weighted by atomic mass is 28.4. The van der Waals surface area contributed by atoms with E-state index in [9.17, 15) is 0 Å². The molecule has 0 aromatic heterocycles. The Hall–Kier alpha value is -3.44. The molecule has 0 radical (unpaired) electrons. The Kier molecular flexibility index (Phi) is 4.91. The quantitative estimate of drug-likeness (QED) is 0.501. The molecule has 3 aromatic carbocycles. The summed E-state index contributed by atoms with van der Waals surface area (Å²) in [5, 5.41) is 0. The average molecular weight is 385 g/mol. The SMILES string of the molecule is C=C[Si]1(C)Oc2ccccc2C=Nc2ccc(cc2)N=Cc2ccccc2O1. The molecule has 138 valence electrons. The van der Waals surface area contributed by atoms with Crippen molar-refractivity contribution in [1.82, 2.24) is 0 Å². The molecule has 0 atom stereocenters. The van der Waals surface area contributed by atoms with Crippen molar-refractivity contribution in [3.05, 3.63) is 96.2 Å². The Labute approximate surface area is 165 Å². The van der Waals surface area contributed by atoms with Gasteiger partial charge in [0.2, 0.25) is 0 Å². The van der Waals surface area contributed by atoms with Gasteiger partial charge < -0.3 is 8.85 Å². The first-order valence-electron chi connectivity index (χ1n) is 9.03. The van der Waals surface area contributed by atoms with Crippen molar-refractivity contribution in [2.24, 2.45) is 9.98 Å². The number of hydrogen-bond donors (Lipinski definition) is 0. The number of aliphatic imine (C=N–C) groups is 2. The minimum atomic E-state index is -2.75. The van der Waals surface area contributed by atoms with Crippen molar-refractivity contribution in [1.29, 1.82) is 0 Å². The molecule has 28 heavy (non-hydrogen) atoms. The molecule has 3 aromatic rings. The van der Waals surface area contributed by atoms with Crippen LogP contribution in [-0.4, -0.2) is 21.0 Å². The van der Waals surface area contributed by atoms with E-state index in [1.54, 1.807) is 18.1 Å². The van der Waals surface area contributed by atoms with Crippen molar-refractivity contribution in [3.8, 4) is 11.5 Å². The molecular weight excluding hydrogens is 364 g/mol. The number of fused-ring (bicyclic) bond motifs is 4. The Morgan fingerprint density at radius 1 is 0.714 bits per heavy atom. The van der Waals surface area contributed by atoms with Gasteiger partial charge in [0.05, 0.1) is 11.4 Å². The van der Waals surface area contributed by atoms with Gasteiger partial charge in [-0.1, -0.05) is 24.3 Å². The molecule has 0 unspecified atom stereocenters. The first-order valence-corrected chi connectivity index (χ1v) is 11.4. The van der Waals surface area contributed by atoms with Crippen molar-refractivity contribution >= 4 is 32.4 Å². The van der Waals surface area contributed by atoms with Crippen molar-refractivity contribution in [2.45, 2.75) is 6.55 Å². The van der Waals surface area contributed by atoms with E-state index in [2.05, 4.69) is 16.6 Å². The Morgan fingerprint density at radius 3 is 1.57 bits per heavy atom. The molecule has 2 aliphatic rings. The fourth-order valence-corrected chi connectivity index (χ4v) is 4.27. The van der Waals surface area contributed by atoms with Crippen LogP contribution in [0.4, 0.5) is 11.4 Å². The predicted octanol–water partition coefficient (Wildman–Crippen LogP) is 5.76. The molecule has 2 bridgehead atoms. The number of benzene rings is 3. The van der Waals surface area contributed by atoms with Gasteiger partial charge in [-0.3, -0.25) is 9.98 Å². The number of para-hydroxylation sites is 2. The highest BCUT2D eigenvalue weighted by molar-refractivity contribution is 6.72. The van der Waals surface area contributed by atoms with Crippen molar-refractivity contribution < 1.29 is 8.85 Å². The van der Waals surface area contributed by atoms with E-state index < -0.39 is 8.56 Å². The first kappa shape index (κ1) is 17.9. The second-order valence-electron chi connectivity index (χ2n) is 6.53. The third-order valence-electron chi connectivity index (χ3n) is 4.39. The third-order valence-corrected chi connectivity index (χ3v) is 6.38. The van der Waals surface area contributed by atoms with Crippen LogP contribution in [0.25, 0.3) is 0 Å². The van der Waals surface area contributed by atoms with Crippen LogP contribution in [0, 0.1) is 0 Å². The van der Waals surface area contributed by atoms with E-state index in [4.69, 9.17) is 8.85 Å². The summed E-state index contributed by atoms with van der Waals surface area (Å²) in [6.45, 7) is 5.94. The molecule has 0 saturated heterocycles. The number of nitrogens with zero attached hydrogens (tertiary/aromatic N) is 2. The van der Waals surface area contributed by atoms with Gasteiger partial charge >= 0.3 is 8.56 Å². The zero-order valence-corrected chi connectivity index (χ0v) is 16.6. The van der Waals surface area contributed by atoms with Gasteiger partial charge in [0.15, 0.2) is 0 Å². The third kappa shape index (κ3) is 3.94. The smallest absolute Gasteiger partial charge is 0.484 e. The highest BCUT2D eigenvalue weighted by Crippen LogP contribution is 2.27. The van der Waals surface area contributed by atoms with Crippen LogP contribution in [-0.2, 0) is 0 Å². The molecule has 0 saturated carbocycles. The van der Waals surface area contributed by atoms with Crippen LogP contribution >= 0.6 is 0 Å². The fraction of sp³-hybridized carbons (Fsp3) is 0.0435.